The number of aryl methyl sites for hydroxylation is 1. The molecule has 0 spiro atoms. The van der Waals surface area contributed by atoms with E-state index >= 15 is 0 Å². The van der Waals surface area contributed by atoms with E-state index in [1.54, 1.807) is 12.1 Å². The van der Waals surface area contributed by atoms with Gasteiger partial charge in [0, 0.05) is 18.8 Å². The van der Waals surface area contributed by atoms with Crippen LogP contribution in [-0.2, 0) is 19.6 Å². The van der Waals surface area contributed by atoms with E-state index in [0.29, 0.717) is 18.8 Å². The Balaban J connectivity index is 1.70. The molecule has 0 unspecified atom stereocenters. The molecular weight excluding hydrogens is 408 g/mol. The summed E-state index contributed by atoms with van der Waals surface area (Å²) in [5, 5.41) is 2.63. The van der Waals surface area contributed by atoms with Gasteiger partial charge < -0.3 is 14.8 Å². The summed E-state index contributed by atoms with van der Waals surface area (Å²) in [5.41, 5.74) is 1.67. The molecule has 2 aromatic carbocycles. The topological polar surface area (TPSA) is 102 Å². The molecule has 1 amide bonds. The predicted octanol–water partition coefficient (Wildman–Crippen LogP) is 2.58. The van der Waals surface area contributed by atoms with Crippen LogP contribution in [0.1, 0.15) is 28.8 Å². The van der Waals surface area contributed by atoms with E-state index in [2.05, 4.69) is 5.32 Å². The molecule has 1 aliphatic rings. The maximum absolute atomic E-state index is 12.9. The van der Waals surface area contributed by atoms with Crippen molar-refractivity contribution in [2.24, 2.45) is 0 Å². The number of hydrogen-bond acceptors (Lipinski definition) is 6. The molecule has 9 heteroatoms. The fraction of sp³-hybridized carbons (Fsp3) is 0.333. The van der Waals surface area contributed by atoms with Crippen molar-refractivity contribution in [3.63, 3.8) is 0 Å². The largest absolute Gasteiger partial charge is 0.495 e. The van der Waals surface area contributed by atoms with E-state index in [-0.39, 0.29) is 16.2 Å². The monoisotopic (exact) mass is 432 g/mol. The Morgan fingerprint density at radius 1 is 1.07 bits per heavy atom. The van der Waals surface area contributed by atoms with Gasteiger partial charge in [0.05, 0.1) is 12.7 Å². The van der Waals surface area contributed by atoms with Gasteiger partial charge in [-0.2, -0.15) is 4.31 Å². The fourth-order valence-corrected chi connectivity index (χ4v) is 4.82. The Morgan fingerprint density at radius 3 is 2.37 bits per heavy atom. The zero-order valence-electron chi connectivity index (χ0n) is 16.9. The molecule has 0 aromatic heterocycles. The third-order valence-electron chi connectivity index (χ3n) is 4.75. The van der Waals surface area contributed by atoms with Gasteiger partial charge in [-0.05, 0) is 50.1 Å². The lowest BCUT2D eigenvalue weighted by atomic mass is 10.2. The zero-order valence-corrected chi connectivity index (χ0v) is 17.7. The van der Waals surface area contributed by atoms with Gasteiger partial charge in [0.25, 0.3) is 5.91 Å². The van der Waals surface area contributed by atoms with Crippen LogP contribution in [0, 0.1) is 6.92 Å². The second kappa shape index (κ2) is 9.27. The van der Waals surface area contributed by atoms with Gasteiger partial charge in [-0.1, -0.05) is 17.7 Å². The normalized spacial score (nSPS) is 14.3. The first-order valence-corrected chi connectivity index (χ1v) is 11.0. The molecule has 0 aliphatic carbocycles. The Bertz CT molecular complexity index is 1030. The van der Waals surface area contributed by atoms with Gasteiger partial charge >= 0.3 is 5.97 Å². The molecule has 2 aromatic rings. The second-order valence-electron chi connectivity index (χ2n) is 6.97. The molecule has 0 atom stereocenters. The molecule has 30 heavy (non-hydrogen) atoms. The number of methoxy groups -OCH3 is 1. The van der Waals surface area contributed by atoms with Crippen LogP contribution >= 0.6 is 0 Å². The highest BCUT2D eigenvalue weighted by molar-refractivity contribution is 7.89. The van der Waals surface area contributed by atoms with Crippen molar-refractivity contribution >= 4 is 27.6 Å². The molecule has 1 heterocycles. The van der Waals surface area contributed by atoms with Crippen molar-refractivity contribution < 1.29 is 27.5 Å². The van der Waals surface area contributed by atoms with Crippen LogP contribution in [-0.4, -0.2) is 51.4 Å². The number of amides is 1. The van der Waals surface area contributed by atoms with Crippen LogP contribution in [0.3, 0.4) is 0 Å². The number of hydrogen-bond donors (Lipinski definition) is 1. The van der Waals surface area contributed by atoms with Crippen molar-refractivity contribution in [3.8, 4) is 5.75 Å². The Morgan fingerprint density at radius 2 is 1.73 bits per heavy atom. The highest BCUT2D eigenvalue weighted by Crippen LogP contribution is 2.30. The number of nitrogens with zero attached hydrogens (tertiary/aromatic N) is 1. The standard InChI is InChI=1S/C21H24N2O6S/c1-15-5-8-17(9-6-15)22-20(24)14-29-21(25)16-7-10-18(28-2)19(13-16)30(26,27)23-11-3-4-12-23/h5-10,13H,3-4,11-12,14H2,1-2H3,(H,22,24). The zero-order chi connectivity index (χ0) is 21.7. The molecule has 8 nitrogen and oxygen atoms in total. The first-order valence-electron chi connectivity index (χ1n) is 9.53. The average Bonchev–Trinajstić information content (AvgIpc) is 3.29. The van der Waals surface area contributed by atoms with E-state index in [0.717, 1.165) is 18.4 Å². The van der Waals surface area contributed by atoms with Crippen molar-refractivity contribution in [2.75, 3.05) is 32.1 Å². The smallest absolute Gasteiger partial charge is 0.338 e. The van der Waals surface area contributed by atoms with Crippen molar-refractivity contribution in [3.05, 3.63) is 53.6 Å². The lowest BCUT2D eigenvalue weighted by Gasteiger charge is -2.18. The summed E-state index contributed by atoms with van der Waals surface area (Å²) in [6, 6.07) is 11.2. The summed E-state index contributed by atoms with van der Waals surface area (Å²) in [7, 11) is -2.42. The molecular formula is C21H24N2O6S. The number of ether oxygens (including phenoxy) is 2. The van der Waals surface area contributed by atoms with Crippen LogP contribution in [0.5, 0.6) is 5.75 Å². The summed E-state index contributed by atoms with van der Waals surface area (Å²) in [5.74, 6) is -1.14. The summed E-state index contributed by atoms with van der Waals surface area (Å²) in [6.45, 7) is 2.30. The summed E-state index contributed by atoms with van der Waals surface area (Å²) in [4.78, 5) is 24.3. The lowest BCUT2D eigenvalue weighted by Crippen LogP contribution is -2.28. The van der Waals surface area contributed by atoms with E-state index < -0.39 is 28.5 Å². The van der Waals surface area contributed by atoms with Gasteiger partial charge in [0.2, 0.25) is 10.0 Å². The van der Waals surface area contributed by atoms with E-state index in [1.807, 2.05) is 19.1 Å². The summed E-state index contributed by atoms with van der Waals surface area (Å²) < 4.78 is 37.4. The van der Waals surface area contributed by atoms with Gasteiger partial charge in [0.15, 0.2) is 6.61 Å². The van der Waals surface area contributed by atoms with E-state index in [9.17, 15) is 18.0 Å². The minimum atomic E-state index is -3.79. The molecule has 1 saturated heterocycles. The highest BCUT2D eigenvalue weighted by atomic mass is 32.2. The highest BCUT2D eigenvalue weighted by Gasteiger charge is 2.30. The van der Waals surface area contributed by atoms with E-state index in [1.165, 1.54) is 29.6 Å². The molecule has 0 bridgehead atoms. The number of anilines is 1. The minimum Gasteiger partial charge on any atom is -0.495 e. The summed E-state index contributed by atoms with van der Waals surface area (Å²) >= 11 is 0. The van der Waals surface area contributed by atoms with Crippen LogP contribution in [0.4, 0.5) is 5.69 Å². The molecule has 160 valence electrons. The Kier molecular flexibility index (Phi) is 6.73. The number of benzene rings is 2. The van der Waals surface area contributed by atoms with Crippen LogP contribution in [0.25, 0.3) is 0 Å². The first-order chi connectivity index (χ1) is 14.3. The second-order valence-corrected chi connectivity index (χ2v) is 8.87. The maximum atomic E-state index is 12.9. The number of carbonyl (C=O) groups is 2. The number of esters is 1. The number of nitrogens with one attached hydrogen (secondary N) is 1. The fourth-order valence-electron chi connectivity index (χ4n) is 3.12. The molecule has 0 radical (unpaired) electrons. The Hall–Kier alpha value is -2.91. The first kappa shape index (κ1) is 21.8. The van der Waals surface area contributed by atoms with Crippen molar-refractivity contribution in [2.45, 2.75) is 24.7 Å². The number of sulfonamides is 1. The predicted molar refractivity (Wildman–Crippen MR) is 111 cm³/mol. The molecule has 3 rings (SSSR count). The SMILES string of the molecule is COc1ccc(C(=O)OCC(=O)Nc2ccc(C)cc2)cc1S(=O)(=O)N1CCCC1. The molecule has 1 N–H and O–H groups in total. The number of carbonyl (C=O) groups excluding carboxylic acids is 2. The van der Waals surface area contributed by atoms with Crippen molar-refractivity contribution in [1.29, 1.82) is 0 Å². The minimum absolute atomic E-state index is 0.0247. The summed E-state index contributed by atoms with van der Waals surface area (Å²) in [6.07, 6.45) is 1.58. The van der Waals surface area contributed by atoms with Gasteiger partial charge in [-0.15, -0.1) is 0 Å². The molecule has 1 aliphatic heterocycles. The lowest BCUT2D eigenvalue weighted by molar-refractivity contribution is -0.119. The third kappa shape index (κ3) is 4.98. The Labute approximate surface area is 175 Å². The van der Waals surface area contributed by atoms with Gasteiger partial charge in [0.1, 0.15) is 10.6 Å². The van der Waals surface area contributed by atoms with E-state index in [4.69, 9.17) is 9.47 Å². The quantitative estimate of drug-likeness (QED) is 0.675. The van der Waals surface area contributed by atoms with Gasteiger partial charge in [-0.3, -0.25) is 4.79 Å². The third-order valence-corrected chi connectivity index (χ3v) is 6.67. The maximum Gasteiger partial charge on any atom is 0.338 e. The molecule has 1 fully saturated rings. The van der Waals surface area contributed by atoms with Crippen LogP contribution in [0.2, 0.25) is 0 Å². The number of rotatable bonds is 7. The average molecular weight is 432 g/mol. The van der Waals surface area contributed by atoms with Crippen molar-refractivity contribution in [1.82, 2.24) is 4.31 Å². The van der Waals surface area contributed by atoms with Gasteiger partial charge in [-0.25, -0.2) is 13.2 Å². The van der Waals surface area contributed by atoms with Crippen LogP contribution in [0.15, 0.2) is 47.4 Å². The molecule has 0 saturated carbocycles. The van der Waals surface area contributed by atoms with Crippen LogP contribution < -0.4 is 10.1 Å².